The summed E-state index contributed by atoms with van der Waals surface area (Å²) in [6, 6.07) is 0. The third kappa shape index (κ3) is 2.95. The predicted octanol–water partition coefficient (Wildman–Crippen LogP) is 1.65. The van der Waals surface area contributed by atoms with E-state index in [4.69, 9.17) is 4.74 Å². The van der Waals surface area contributed by atoms with Gasteiger partial charge in [-0.3, -0.25) is 4.79 Å². The Balaban J connectivity index is 1.93. The van der Waals surface area contributed by atoms with Crippen molar-refractivity contribution in [3.05, 3.63) is 0 Å². The lowest BCUT2D eigenvalue weighted by Gasteiger charge is -2.36. The maximum absolute atomic E-state index is 12.2. The fraction of sp³-hybridized carbons (Fsp3) is 0.933. The van der Waals surface area contributed by atoms with Crippen molar-refractivity contribution in [2.75, 3.05) is 33.3 Å². The molecule has 4 nitrogen and oxygen atoms in total. The zero-order valence-electron chi connectivity index (χ0n) is 12.6. The van der Waals surface area contributed by atoms with Crippen LogP contribution >= 0.6 is 0 Å². The average Bonchev–Trinajstić information content (AvgIpc) is 3.23. The number of nitrogens with zero attached hydrogens (tertiary/aromatic N) is 1. The number of methoxy groups -OCH3 is 1. The van der Waals surface area contributed by atoms with Crippen LogP contribution < -0.4 is 5.32 Å². The highest BCUT2D eigenvalue weighted by Gasteiger charge is 2.59. The van der Waals surface area contributed by atoms with Gasteiger partial charge in [-0.25, -0.2) is 0 Å². The highest BCUT2D eigenvalue weighted by Crippen LogP contribution is 2.55. The largest absolute Gasteiger partial charge is 0.468 e. The Morgan fingerprint density at radius 2 is 2.16 bits per heavy atom. The number of carbonyl (C=O) groups is 1. The van der Waals surface area contributed by atoms with Gasteiger partial charge < -0.3 is 15.0 Å². The van der Waals surface area contributed by atoms with Crippen molar-refractivity contribution in [2.45, 2.75) is 45.1 Å². The van der Waals surface area contributed by atoms with Gasteiger partial charge in [0.25, 0.3) is 0 Å². The molecule has 0 aromatic heterocycles. The first-order chi connectivity index (χ1) is 9.17. The van der Waals surface area contributed by atoms with Crippen LogP contribution in [0.4, 0.5) is 0 Å². The molecule has 0 aromatic rings. The molecule has 0 amide bonds. The lowest BCUT2D eigenvalue weighted by atomic mass is 9.81. The van der Waals surface area contributed by atoms with Crippen LogP contribution in [0.3, 0.4) is 0 Å². The fourth-order valence-corrected chi connectivity index (χ4v) is 3.70. The quantitative estimate of drug-likeness (QED) is 0.713. The lowest BCUT2D eigenvalue weighted by Crippen LogP contribution is -2.57. The average molecular weight is 268 g/mol. The molecular weight excluding hydrogens is 240 g/mol. The number of hydrogen-bond acceptors (Lipinski definition) is 4. The van der Waals surface area contributed by atoms with E-state index in [9.17, 15) is 4.79 Å². The minimum Gasteiger partial charge on any atom is -0.468 e. The Bertz CT molecular complexity index is 317. The van der Waals surface area contributed by atoms with Crippen LogP contribution in [0.15, 0.2) is 0 Å². The number of rotatable bonds is 7. The first-order valence-electron chi connectivity index (χ1n) is 7.73. The first-order valence-corrected chi connectivity index (χ1v) is 7.73. The third-order valence-corrected chi connectivity index (χ3v) is 5.01. The first kappa shape index (κ1) is 14.8. The summed E-state index contributed by atoms with van der Waals surface area (Å²) in [6.07, 6.45) is 4.59. The second-order valence-corrected chi connectivity index (χ2v) is 5.91. The molecule has 0 spiro atoms. The van der Waals surface area contributed by atoms with Crippen LogP contribution in [-0.4, -0.2) is 49.7 Å². The summed E-state index contributed by atoms with van der Waals surface area (Å²) in [6.45, 7) is 8.36. The normalized spacial score (nSPS) is 33.1. The van der Waals surface area contributed by atoms with E-state index < -0.39 is 0 Å². The topological polar surface area (TPSA) is 41.6 Å². The summed E-state index contributed by atoms with van der Waals surface area (Å²) in [4.78, 5) is 14.6. The van der Waals surface area contributed by atoms with Crippen molar-refractivity contribution >= 4 is 5.97 Å². The summed E-state index contributed by atoms with van der Waals surface area (Å²) in [5, 5.41) is 3.56. The minimum atomic E-state index is -0.384. The van der Waals surface area contributed by atoms with E-state index >= 15 is 0 Å². The summed E-state index contributed by atoms with van der Waals surface area (Å²) in [5.74, 6) is 1.23. The molecule has 0 aliphatic heterocycles. The predicted molar refractivity (Wildman–Crippen MR) is 76.0 cm³/mol. The zero-order chi connectivity index (χ0) is 13.9. The maximum atomic E-state index is 12.2. The Kier molecular flexibility index (Phi) is 4.85. The molecule has 4 heteroatoms. The van der Waals surface area contributed by atoms with Gasteiger partial charge in [-0.05, 0) is 37.8 Å². The second kappa shape index (κ2) is 6.23. The standard InChI is InChI=1S/C15H28N2O2/c1-4-17(5-2)10-9-16-15(14(18)19-3)8-6-7-12-11-13(12)15/h12-13,16H,4-11H2,1-3H3. The van der Waals surface area contributed by atoms with Crippen molar-refractivity contribution < 1.29 is 9.53 Å². The summed E-state index contributed by atoms with van der Waals surface area (Å²) >= 11 is 0. The number of carbonyl (C=O) groups excluding carboxylic acids is 1. The molecule has 0 radical (unpaired) electrons. The molecule has 2 aliphatic carbocycles. The lowest BCUT2D eigenvalue weighted by molar-refractivity contribution is -0.151. The van der Waals surface area contributed by atoms with E-state index in [1.165, 1.54) is 20.0 Å². The molecular formula is C15H28N2O2. The molecule has 0 heterocycles. The van der Waals surface area contributed by atoms with Crippen molar-refractivity contribution in [1.82, 2.24) is 10.2 Å². The smallest absolute Gasteiger partial charge is 0.326 e. The number of nitrogens with one attached hydrogen (secondary N) is 1. The molecule has 3 unspecified atom stereocenters. The summed E-state index contributed by atoms with van der Waals surface area (Å²) in [7, 11) is 1.52. The van der Waals surface area contributed by atoms with Crippen LogP contribution in [-0.2, 0) is 9.53 Å². The fourth-order valence-electron chi connectivity index (χ4n) is 3.70. The molecule has 2 aliphatic rings. The van der Waals surface area contributed by atoms with Gasteiger partial charge >= 0.3 is 5.97 Å². The van der Waals surface area contributed by atoms with Crippen LogP contribution in [0.2, 0.25) is 0 Å². The van der Waals surface area contributed by atoms with Crippen LogP contribution in [0.5, 0.6) is 0 Å². The molecule has 1 N–H and O–H groups in total. The van der Waals surface area contributed by atoms with Gasteiger partial charge in [0.2, 0.25) is 0 Å². The summed E-state index contributed by atoms with van der Waals surface area (Å²) in [5.41, 5.74) is -0.384. The van der Waals surface area contributed by atoms with Crippen LogP contribution in [0.25, 0.3) is 0 Å². The highest BCUT2D eigenvalue weighted by molar-refractivity contribution is 5.82. The van der Waals surface area contributed by atoms with Gasteiger partial charge in [-0.15, -0.1) is 0 Å². The van der Waals surface area contributed by atoms with E-state index in [0.29, 0.717) is 5.92 Å². The van der Waals surface area contributed by atoms with E-state index in [2.05, 4.69) is 24.1 Å². The third-order valence-electron chi connectivity index (χ3n) is 5.01. The van der Waals surface area contributed by atoms with Crippen LogP contribution in [0, 0.1) is 11.8 Å². The number of fused-ring (bicyclic) bond motifs is 1. The SMILES string of the molecule is CCN(CC)CCNC1(C(=O)OC)CCCC2CC21. The maximum Gasteiger partial charge on any atom is 0.326 e. The minimum absolute atomic E-state index is 0.0424. The van der Waals surface area contributed by atoms with Gasteiger partial charge in [-0.1, -0.05) is 26.7 Å². The van der Waals surface area contributed by atoms with Gasteiger partial charge in [0.15, 0.2) is 0 Å². The van der Waals surface area contributed by atoms with E-state index in [-0.39, 0.29) is 11.5 Å². The van der Waals surface area contributed by atoms with Gasteiger partial charge in [-0.2, -0.15) is 0 Å². The molecule has 19 heavy (non-hydrogen) atoms. The number of hydrogen-bond donors (Lipinski definition) is 1. The van der Waals surface area contributed by atoms with Crippen molar-refractivity contribution in [3.63, 3.8) is 0 Å². The Hall–Kier alpha value is -0.610. The Morgan fingerprint density at radius 3 is 2.79 bits per heavy atom. The van der Waals surface area contributed by atoms with Crippen molar-refractivity contribution in [1.29, 1.82) is 0 Å². The van der Waals surface area contributed by atoms with Gasteiger partial charge in [0.1, 0.15) is 5.54 Å². The van der Waals surface area contributed by atoms with E-state index in [0.717, 1.165) is 44.9 Å². The van der Waals surface area contributed by atoms with E-state index in [1.807, 2.05) is 0 Å². The molecule has 2 rings (SSSR count). The molecule has 0 aromatic carbocycles. The molecule has 0 saturated heterocycles. The second-order valence-electron chi connectivity index (χ2n) is 5.91. The Morgan fingerprint density at radius 1 is 1.42 bits per heavy atom. The number of ether oxygens (including phenoxy) is 1. The molecule has 2 saturated carbocycles. The van der Waals surface area contributed by atoms with Crippen molar-refractivity contribution in [3.8, 4) is 0 Å². The number of esters is 1. The van der Waals surface area contributed by atoms with Gasteiger partial charge in [0.05, 0.1) is 7.11 Å². The van der Waals surface area contributed by atoms with Crippen LogP contribution in [0.1, 0.15) is 39.5 Å². The summed E-state index contributed by atoms with van der Waals surface area (Å²) < 4.78 is 5.09. The molecule has 110 valence electrons. The molecule has 0 bridgehead atoms. The molecule has 2 fully saturated rings. The van der Waals surface area contributed by atoms with Crippen molar-refractivity contribution in [2.24, 2.45) is 11.8 Å². The zero-order valence-corrected chi connectivity index (χ0v) is 12.6. The van der Waals surface area contributed by atoms with E-state index in [1.54, 1.807) is 0 Å². The Labute approximate surface area is 116 Å². The monoisotopic (exact) mass is 268 g/mol. The van der Waals surface area contributed by atoms with Gasteiger partial charge in [0, 0.05) is 13.1 Å². The highest BCUT2D eigenvalue weighted by atomic mass is 16.5. The number of likely N-dealkylation sites (N-methyl/N-ethyl adjacent to an activating group) is 1. The molecule has 3 atom stereocenters.